The van der Waals surface area contributed by atoms with Gasteiger partial charge in [0.2, 0.25) is 5.95 Å². The van der Waals surface area contributed by atoms with Gasteiger partial charge in [0.05, 0.1) is 11.6 Å². The van der Waals surface area contributed by atoms with Crippen LogP contribution in [0.1, 0.15) is 35.3 Å². The molecule has 0 saturated heterocycles. The first kappa shape index (κ1) is 13.1. The van der Waals surface area contributed by atoms with E-state index in [1.807, 2.05) is 6.07 Å². The summed E-state index contributed by atoms with van der Waals surface area (Å²) in [5.41, 5.74) is 6.99. The van der Waals surface area contributed by atoms with Crippen molar-refractivity contribution in [1.82, 2.24) is 14.8 Å². The molecule has 0 amide bonds. The fraction of sp³-hybridized carbons (Fsp3) is 0.286. The number of aliphatic carboxylic acids is 1. The summed E-state index contributed by atoms with van der Waals surface area (Å²) < 4.78 is 1.41. The molecule has 106 valence electrons. The number of aryl methyl sites for hydroxylation is 1. The third-order valence-electron chi connectivity index (χ3n) is 3.76. The van der Waals surface area contributed by atoms with Crippen LogP contribution < -0.4 is 5.73 Å². The van der Waals surface area contributed by atoms with Crippen LogP contribution >= 0.6 is 0 Å². The predicted octanol–water partition coefficient (Wildman–Crippen LogP) is 1.09. The van der Waals surface area contributed by atoms with Gasteiger partial charge in [0.15, 0.2) is 6.04 Å². The molecule has 7 nitrogen and oxygen atoms in total. The molecule has 2 atom stereocenters. The second kappa shape index (κ2) is 4.90. The van der Waals surface area contributed by atoms with Crippen molar-refractivity contribution >= 4 is 11.9 Å². The number of carbonyl (C=O) groups is 1. The quantitative estimate of drug-likeness (QED) is 0.851. The average Bonchev–Trinajstić information content (AvgIpc) is 2.86. The van der Waals surface area contributed by atoms with E-state index in [9.17, 15) is 9.90 Å². The normalized spacial score (nSPS) is 20.5. The van der Waals surface area contributed by atoms with Crippen molar-refractivity contribution in [3.63, 3.8) is 0 Å². The van der Waals surface area contributed by atoms with Crippen LogP contribution in [0.25, 0.3) is 0 Å². The first-order valence-electron chi connectivity index (χ1n) is 6.54. The minimum Gasteiger partial charge on any atom is -0.480 e. The molecule has 0 aliphatic carbocycles. The number of nitrogens with zero attached hydrogens (tertiary/aromatic N) is 4. The van der Waals surface area contributed by atoms with Crippen molar-refractivity contribution in [1.29, 1.82) is 5.26 Å². The van der Waals surface area contributed by atoms with E-state index in [-0.39, 0.29) is 11.9 Å². The van der Waals surface area contributed by atoms with Crippen LogP contribution in [0.4, 0.5) is 5.95 Å². The Balaban J connectivity index is 2.02. The molecule has 2 unspecified atom stereocenters. The Morgan fingerprint density at radius 3 is 2.76 bits per heavy atom. The zero-order valence-electron chi connectivity index (χ0n) is 11.1. The summed E-state index contributed by atoms with van der Waals surface area (Å²) in [5, 5.41) is 22.4. The van der Waals surface area contributed by atoms with Crippen LogP contribution in [-0.2, 0) is 11.2 Å². The Morgan fingerprint density at radius 1 is 1.43 bits per heavy atom. The third kappa shape index (κ3) is 2.21. The number of carboxylic acids is 1. The monoisotopic (exact) mass is 283 g/mol. The van der Waals surface area contributed by atoms with E-state index in [2.05, 4.69) is 10.1 Å². The molecule has 21 heavy (non-hydrogen) atoms. The van der Waals surface area contributed by atoms with Gasteiger partial charge in [0, 0.05) is 12.3 Å². The van der Waals surface area contributed by atoms with Gasteiger partial charge in [0.1, 0.15) is 5.82 Å². The number of aromatic nitrogens is 3. The van der Waals surface area contributed by atoms with E-state index in [0.717, 1.165) is 5.56 Å². The number of rotatable bonds is 2. The number of carboxylic acid groups (broad SMARTS) is 1. The number of fused-ring (bicyclic) bond motifs is 1. The largest absolute Gasteiger partial charge is 0.480 e. The molecule has 1 aromatic carbocycles. The number of nitriles is 1. The number of anilines is 1. The van der Waals surface area contributed by atoms with E-state index in [4.69, 9.17) is 11.0 Å². The van der Waals surface area contributed by atoms with Gasteiger partial charge < -0.3 is 10.8 Å². The highest BCUT2D eigenvalue weighted by Gasteiger charge is 2.37. The van der Waals surface area contributed by atoms with Crippen LogP contribution in [-0.4, -0.2) is 25.8 Å². The molecule has 1 aliphatic heterocycles. The van der Waals surface area contributed by atoms with E-state index < -0.39 is 12.0 Å². The Labute approximate surface area is 120 Å². The maximum absolute atomic E-state index is 11.7. The fourth-order valence-corrected chi connectivity index (χ4v) is 2.81. The summed E-state index contributed by atoms with van der Waals surface area (Å²) in [6, 6.07) is 8.20. The van der Waals surface area contributed by atoms with Crippen molar-refractivity contribution in [2.45, 2.75) is 24.8 Å². The molecule has 1 aromatic heterocycles. The molecule has 3 rings (SSSR count). The topological polar surface area (TPSA) is 118 Å². The van der Waals surface area contributed by atoms with Gasteiger partial charge in [-0.05, 0) is 24.1 Å². The molecular weight excluding hydrogens is 270 g/mol. The summed E-state index contributed by atoms with van der Waals surface area (Å²) >= 11 is 0. The van der Waals surface area contributed by atoms with E-state index in [0.29, 0.717) is 24.2 Å². The standard InChI is InChI=1S/C14H13N5O2/c15-7-8-1-3-9(4-2-8)10-5-6-11-17-14(16)18-19(11)12(10)13(20)21/h1-4,10,12H,5-6H2,(H2,16,18)(H,20,21). The lowest BCUT2D eigenvalue weighted by molar-refractivity contribution is -0.142. The molecule has 2 aromatic rings. The molecule has 0 saturated carbocycles. The summed E-state index contributed by atoms with van der Waals surface area (Å²) in [4.78, 5) is 15.7. The second-order valence-corrected chi connectivity index (χ2v) is 4.99. The van der Waals surface area contributed by atoms with Gasteiger partial charge in [-0.25, -0.2) is 9.48 Å². The Morgan fingerprint density at radius 2 is 2.14 bits per heavy atom. The number of hydrogen-bond donors (Lipinski definition) is 2. The van der Waals surface area contributed by atoms with Crippen LogP contribution in [0.3, 0.4) is 0 Å². The Kier molecular flexibility index (Phi) is 3.06. The van der Waals surface area contributed by atoms with Gasteiger partial charge in [-0.1, -0.05) is 12.1 Å². The van der Waals surface area contributed by atoms with Crippen molar-refractivity contribution < 1.29 is 9.90 Å². The molecule has 1 aliphatic rings. The van der Waals surface area contributed by atoms with Crippen molar-refractivity contribution in [2.75, 3.05) is 5.73 Å². The lowest BCUT2D eigenvalue weighted by Gasteiger charge is -2.29. The lowest BCUT2D eigenvalue weighted by atomic mass is 9.84. The minimum atomic E-state index is -0.963. The zero-order valence-corrected chi connectivity index (χ0v) is 11.1. The SMILES string of the molecule is N#Cc1ccc(C2CCc3nc(N)nn3C2C(=O)O)cc1. The first-order chi connectivity index (χ1) is 10.1. The highest BCUT2D eigenvalue weighted by Crippen LogP contribution is 2.37. The smallest absolute Gasteiger partial charge is 0.329 e. The molecule has 2 heterocycles. The number of benzene rings is 1. The minimum absolute atomic E-state index is 0.0942. The van der Waals surface area contributed by atoms with Crippen molar-refractivity contribution in [3.05, 3.63) is 41.2 Å². The average molecular weight is 283 g/mol. The highest BCUT2D eigenvalue weighted by molar-refractivity contribution is 5.73. The van der Waals surface area contributed by atoms with Gasteiger partial charge >= 0.3 is 5.97 Å². The first-order valence-corrected chi connectivity index (χ1v) is 6.54. The zero-order chi connectivity index (χ0) is 15.0. The molecule has 7 heteroatoms. The summed E-state index contributed by atoms with van der Waals surface area (Å²) in [5.74, 6) is -0.486. The Bertz CT molecular complexity index is 729. The Hall–Kier alpha value is -2.88. The number of nitrogens with two attached hydrogens (primary N) is 1. The molecule has 0 fully saturated rings. The molecule has 0 radical (unpaired) electrons. The van der Waals surface area contributed by atoms with Crippen molar-refractivity contribution in [3.8, 4) is 6.07 Å². The maximum Gasteiger partial charge on any atom is 0.329 e. The third-order valence-corrected chi connectivity index (χ3v) is 3.76. The molecule has 0 spiro atoms. The predicted molar refractivity (Wildman–Crippen MR) is 73.3 cm³/mol. The second-order valence-electron chi connectivity index (χ2n) is 4.99. The maximum atomic E-state index is 11.7. The van der Waals surface area contributed by atoms with Crippen LogP contribution in [0.5, 0.6) is 0 Å². The molecule has 3 N–H and O–H groups in total. The van der Waals surface area contributed by atoms with Gasteiger partial charge in [-0.2, -0.15) is 10.2 Å². The van der Waals surface area contributed by atoms with E-state index >= 15 is 0 Å². The molecular formula is C14H13N5O2. The molecule has 0 bridgehead atoms. The number of nitrogen functional groups attached to an aromatic ring is 1. The van der Waals surface area contributed by atoms with E-state index in [1.54, 1.807) is 24.3 Å². The summed E-state index contributed by atoms with van der Waals surface area (Å²) in [6.45, 7) is 0. The van der Waals surface area contributed by atoms with Crippen LogP contribution in [0.2, 0.25) is 0 Å². The summed E-state index contributed by atoms with van der Waals surface area (Å²) in [7, 11) is 0. The fourth-order valence-electron chi connectivity index (χ4n) is 2.81. The number of hydrogen-bond acceptors (Lipinski definition) is 5. The summed E-state index contributed by atoms with van der Waals surface area (Å²) in [6.07, 6.45) is 1.28. The van der Waals surface area contributed by atoms with Gasteiger partial charge in [-0.3, -0.25) is 0 Å². The van der Waals surface area contributed by atoms with Crippen LogP contribution in [0.15, 0.2) is 24.3 Å². The highest BCUT2D eigenvalue weighted by atomic mass is 16.4. The lowest BCUT2D eigenvalue weighted by Crippen LogP contribution is -2.32. The van der Waals surface area contributed by atoms with Crippen molar-refractivity contribution in [2.24, 2.45) is 0 Å². The van der Waals surface area contributed by atoms with E-state index in [1.165, 1.54) is 4.68 Å². The van der Waals surface area contributed by atoms with Crippen LogP contribution in [0, 0.1) is 11.3 Å². The van der Waals surface area contributed by atoms with Gasteiger partial charge in [0.25, 0.3) is 0 Å². The van der Waals surface area contributed by atoms with Gasteiger partial charge in [-0.15, -0.1) is 5.10 Å².